The van der Waals surface area contributed by atoms with Crippen LogP contribution in [-0.2, 0) is 17.4 Å². The summed E-state index contributed by atoms with van der Waals surface area (Å²) in [5, 5.41) is 5.71. The molecule has 176 valence electrons. The number of amidine groups is 1. The van der Waals surface area contributed by atoms with E-state index in [1.54, 1.807) is 47.0 Å². The molecule has 1 aromatic heterocycles. The van der Waals surface area contributed by atoms with Gasteiger partial charge in [0.25, 0.3) is 0 Å². The highest BCUT2D eigenvalue weighted by atomic mass is 127. The first-order valence-corrected chi connectivity index (χ1v) is 11.5. The van der Waals surface area contributed by atoms with Gasteiger partial charge in [-0.1, -0.05) is 12.1 Å². The Bertz CT molecular complexity index is 1230. The SMILES string of the molecule is O=C(CCc1cccc(Oc2ccnc(C3=NCCN3)c2)c1)Nc1ccc(I)c(C(F)(F)F)c1. The lowest BCUT2D eigenvalue weighted by Gasteiger charge is -2.12. The molecule has 0 fully saturated rings. The van der Waals surface area contributed by atoms with E-state index in [-0.39, 0.29) is 21.6 Å². The fourth-order valence-electron chi connectivity index (χ4n) is 3.38. The van der Waals surface area contributed by atoms with E-state index in [1.807, 2.05) is 18.2 Å². The molecule has 0 radical (unpaired) electrons. The van der Waals surface area contributed by atoms with Gasteiger partial charge in [-0.25, -0.2) is 0 Å². The van der Waals surface area contributed by atoms with Crippen molar-refractivity contribution in [3.63, 3.8) is 0 Å². The van der Waals surface area contributed by atoms with Crippen molar-refractivity contribution in [2.45, 2.75) is 19.0 Å². The molecule has 0 spiro atoms. The summed E-state index contributed by atoms with van der Waals surface area (Å²) >= 11 is 1.63. The first-order chi connectivity index (χ1) is 16.3. The van der Waals surface area contributed by atoms with Gasteiger partial charge >= 0.3 is 6.18 Å². The van der Waals surface area contributed by atoms with Gasteiger partial charge in [0.2, 0.25) is 5.91 Å². The van der Waals surface area contributed by atoms with E-state index in [0.717, 1.165) is 24.0 Å². The summed E-state index contributed by atoms with van der Waals surface area (Å²) in [5.74, 6) is 1.57. The lowest BCUT2D eigenvalue weighted by molar-refractivity contribution is -0.138. The van der Waals surface area contributed by atoms with Gasteiger partial charge in [-0.15, -0.1) is 0 Å². The molecule has 1 aliphatic rings. The fraction of sp³-hybridized carbons (Fsp3) is 0.208. The van der Waals surface area contributed by atoms with Gasteiger partial charge in [0.15, 0.2) is 0 Å². The summed E-state index contributed by atoms with van der Waals surface area (Å²) in [6.45, 7) is 1.50. The smallest absolute Gasteiger partial charge is 0.417 e. The average Bonchev–Trinajstić information content (AvgIpc) is 3.34. The Labute approximate surface area is 207 Å². The molecule has 0 saturated carbocycles. The van der Waals surface area contributed by atoms with E-state index in [9.17, 15) is 18.0 Å². The Kier molecular flexibility index (Phi) is 7.35. The first kappa shape index (κ1) is 24.0. The highest BCUT2D eigenvalue weighted by molar-refractivity contribution is 14.1. The molecule has 4 rings (SSSR count). The van der Waals surface area contributed by atoms with Gasteiger partial charge in [-0.05, 0) is 71.0 Å². The van der Waals surface area contributed by atoms with Crippen molar-refractivity contribution in [1.29, 1.82) is 0 Å². The second kappa shape index (κ2) is 10.4. The van der Waals surface area contributed by atoms with Crippen LogP contribution in [0.4, 0.5) is 18.9 Å². The summed E-state index contributed by atoms with van der Waals surface area (Å²) in [5.41, 5.74) is 0.907. The predicted molar refractivity (Wildman–Crippen MR) is 131 cm³/mol. The largest absolute Gasteiger partial charge is 0.457 e. The molecule has 3 aromatic rings. The van der Waals surface area contributed by atoms with E-state index in [1.165, 1.54) is 12.1 Å². The van der Waals surface area contributed by atoms with Crippen LogP contribution >= 0.6 is 22.6 Å². The van der Waals surface area contributed by atoms with Crippen LogP contribution < -0.4 is 15.4 Å². The van der Waals surface area contributed by atoms with Gasteiger partial charge in [0.1, 0.15) is 23.0 Å². The number of pyridine rings is 1. The predicted octanol–water partition coefficient (Wildman–Crippen LogP) is 5.42. The van der Waals surface area contributed by atoms with Crippen LogP contribution in [0.1, 0.15) is 23.2 Å². The molecular formula is C24H20F3IN4O2. The zero-order valence-corrected chi connectivity index (χ0v) is 20.0. The molecule has 10 heteroatoms. The molecular weight excluding hydrogens is 560 g/mol. The number of rotatable bonds is 7. The zero-order valence-electron chi connectivity index (χ0n) is 17.8. The number of hydrogen-bond donors (Lipinski definition) is 2. The highest BCUT2D eigenvalue weighted by Gasteiger charge is 2.33. The van der Waals surface area contributed by atoms with E-state index in [4.69, 9.17) is 4.74 Å². The molecule has 34 heavy (non-hydrogen) atoms. The van der Waals surface area contributed by atoms with Gasteiger partial charge in [-0.3, -0.25) is 14.8 Å². The second-order valence-corrected chi connectivity index (χ2v) is 8.69. The number of aromatic nitrogens is 1. The maximum atomic E-state index is 13.1. The van der Waals surface area contributed by atoms with Crippen molar-refractivity contribution in [2.24, 2.45) is 4.99 Å². The van der Waals surface area contributed by atoms with E-state index in [2.05, 4.69) is 20.6 Å². The fourth-order valence-corrected chi connectivity index (χ4v) is 4.02. The lowest BCUT2D eigenvalue weighted by atomic mass is 10.1. The van der Waals surface area contributed by atoms with E-state index in [0.29, 0.717) is 30.2 Å². The summed E-state index contributed by atoms with van der Waals surface area (Å²) in [4.78, 5) is 21.0. The van der Waals surface area contributed by atoms with Crippen LogP contribution in [0.2, 0.25) is 0 Å². The Hall–Kier alpha value is -3.15. The van der Waals surface area contributed by atoms with Crippen LogP contribution in [0.25, 0.3) is 0 Å². The van der Waals surface area contributed by atoms with Crippen LogP contribution in [0.5, 0.6) is 11.5 Å². The maximum absolute atomic E-state index is 13.1. The third kappa shape index (κ3) is 6.25. The molecule has 6 nitrogen and oxygen atoms in total. The number of nitrogens with one attached hydrogen (secondary N) is 2. The number of carbonyl (C=O) groups is 1. The van der Waals surface area contributed by atoms with Crippen molar-refractivity contribution in [3.8, 4) is 11.5 Å². The number of hydrogen-bond acceptors (Lipinski definition) is 5. The van der Waals surface area contributed by atoms with Crippen molar-refractivity contribution in [3.05, 3.63) is 81.2 Å². The topological polar surface area (TPSA) is 75.6 Å². The number of benzene rings is 2. The van der Waals surface area contributed by atoms with Gasteiger partial charge in [-0.2, -0.15) is 13.2 Å². The number of aryl methyl sites for hydroxylation is 1. The van der Waals surface area contributed by atoms with Crippen LogP contribution in [0, 0.1) is 3.57 Å². The first-order valence-electron chi connectivity index (χ1n) is 10.5. The minimum atomic E-state index is -4.48. The monoisotopic (exact) mass is 580 g/mol. The lowest BCUT2D eigenvalue weighted by Crippen LogP contribution is -2.20. The Balaban J connectivity index is 1.36. The van der Waals surface area contributed by atoms with Gasteiger partial charge in [0.05, 0.1) is 12.1 Å². The second-order valence-electron chi connectivity index (χ2n) is 7.52. The number of aliphatic imine (C=N–C) groups is 1. The average molecular weight is 580 g/mol. The van der Waals surface area contributed by atoms with Gasteiger partial charge in [0, 0.05) is 34.5 Å². The van der Waals surface area contributed by atoms with Crippen LogP contribution in [0.15, 0.2) is 65.8 Å². The summed E-state index contributed by atoms with van der Waals surface area (Å²) in [6.07, 6.45) is -2.31. The number of nitrogens with zero attached hydrogens (tertiary/aromatic N) is 2. The molecule has 1 amide bonds. The summed E-state index contributed by atoms with van der Waals surface area (Å²) in [7, 11) is 0. The van der Waals surface area contributed by atoms with Crippen LogP contribution in [-0.4, -0.2) is 29.8 Å². The Morgan fingerprint density at radius 1 is 1.12 bits per heavy atom. The highest BCUT2D eigenvalue weighted by Crippen LogP contribution is 2.34. The molecule has 0 aliphatic carbocycles. The maximum Gasteiger partial charge on any atom is 0.417 e. The molecule has 2 heterocycles. The Morgan fingerprint density at radius 2 is 1.94 bits per heavy atom. The van der Waals surface area contributed by atoms with E-state index >= 15 is 0 Å². The standard InChI is InChI=1S/C24H20F3IN4O2/c25-24(26,27)19-13-16(5-6-20(19)28)32-22(33)7-4-15-2-1-3-17(12-15)34-18-8-9-29-21(14-18)23-30-10-11-31-23/h1-3,5-6,8-9,12-14H,4,7,10-11H2,(H,30,31)(H,32,33). The van der Waals surface area contributed by atoms with Crippen molar-refractivity contribution in [1.82, 2.24) is 10.3 Å². The third-order valence-electron chi connectivity index (χ3n) is 4.98. The molecule has 2 N–H and O–H groups in total. The molecule has 1 aliphatic heterocycles. The molecule has 0 saturated heterocycles. The molecule has 0 bridgehead atoms. The molecule has 0 unspecified atom stereocenters. The quantitative estimate of drug-likeness (QED) is 0.367. The number of carbonyl (C=O) groups excluding carboxylic acids is 1. The molecule has 2 aromatic carbocycles. The van der Waals surface area contributed by atoms with E-state index < -0.39 is 11.7 Å². The van der Waals surface area contributed by atoms with Crippen LogP contribution in [0.3, 0.4) is 0 Å². The normalized spacial score (nSPS) is 13.2. The number of alkyl halides is 3. The minimum Gasteiger partial charge on any atom is -0.457 e. The zero-order chi connectivity index (χ0) is 24.1. The summed E-state index contributed by atoms with van der Waals surface area (Å²) < 4.78 is 45.3. The third-order valence-corrected chi connectivity index (χ3v) is 5.92. The van der Waals surface area contributed by atoms with Gasteiger partial charge < -0.3 is 15.4 Å². The number of amides is 1. The van der Waals surface area contributed by atoms with Crippen molar-refractivity contribution < 1.29 is 22.7 Å². The number of halogens is 4. The van der Waals surface area contributed by atoms with Crippen molar-refractivity contribution in [2.75, 3.05) is 18.4 Å². The number of anilines is 1. The summed E-state index contributed by atoms with van der Waals surface area (Å²) in [6, 6.07) is 14.6. The minimum absolute atomic E-state index is 0.0775. The molecule has 0 atom stereocenters. The Morgan fingerprint density at radius 3 is 2.71 bits per heavy atom. The van der Waals surface area contributed by atoms with Crippen molar-refractivity contribution >= 4 is 40.0 Å². The number of ether oxygens (including phenoxy) is 1.